The minimum absolute atomic E-state index is 0.453. The number of nitrogens with one attached hydrogen (secondary N) is 2. The van der Waals surface area contributed by atoms with Crippen LogP contribution in [0.5, 0.6) is 0 Å². The fourth-order valence-corrected chi connectivity index (χ4v) is 4.00. The largest absolute Gasteiger partial charge is 0.370 e. The number of aromatic amines is 1. The van der Waals surface area contributed by atoms with Crippen molar-refractivity contribution in [3.05, 3.63) is 28.9 Å². The number of anilines is 1. The summed E-state index contributed by atoms with van der Waals surface area (Å²) in [5, 5.41) is 5.66. The molecule has 3 rings (SSSR count). The van der Waals surface area contributed by atoms with Crippen LogP contribution in [-0.2, 0) is 0 Å². The van der Waals surface area contributed by atoms with Crippen LogP contribution >= 0.6 is 11.6 Å². The number of hydrogen-bond acceptors (Lipinski definition) is 2. The smallest absolute Gasteiger partial charge is 0.0695 e. The second kappa shape index (κ2) is 8.67. The molecule has 0 unspecified atom stereocenters. The normalized spacial score (nSPS) is 17.7. The molecule has 3 nitrogen and oxygen atoms in total. The lowest BCUT2D eigenvalue weighted by molar-refractivity contribution is 0.536. The monoisotopic (exact) mass is 375 g/mol. The third-order valence-electron chi connectivity index (χ3n) is 5.42. The second-order valence-corrected chi connectivity index (χ2v) is 9.05. The Morgan fingerprint density at radius 3 is 2.35 bits per heavy atom. The highest BCUT2D eigenvalue weighted by atomic mass is 35.5. The highest BCUT2D eigenvalue weighted by Crippen LogP contribution is 2.34. The summed E-state index contributed by atoms with van der Waals surface area (Å²) in [5.41, 5.74) is 3.80. The summed E-state index contributed by atoms with van der Waals surface area (Å²) in [7, 11) is 0. The summed E-state index contributed by atoms with van der Waals surface area (Å²) in [6, 6.07) is 6.98. The van der Waals surface area contributed by atoms with Gasteiger partial charge in [0.25, 0.3) is 0 Å². The predicted molar refractivity (Wildman–Crippen MR) is 114 cm³/mol. The first-order valence-corrected chi connectivity index (χ1v) is 10.6. The van der Waals surface area contributed by atoms with Crippen molar-refractivity contribution in [2.24, 2.45) is 11.8 Å². The molecular formula is C22H34ClN3. The molecule has 1 fully saturated rings. The molecule has 1 aromatic carbocycles. The van der Waals surface area contributed by atoms with E-state index in [1.54, 1.807) is 0 Å². The number of hydrogen-bond donors (Lipinski definition) is 2. The lowest BCUT2D eigenvalue weighted by Gasteiger charge is -2.27. The molecule has 2 aromatic rings. The van der Waals surface area contributed by atoms with Gasteiger partial charge < -0.3 is 15.2 Å². The van der Waals surface area contributed by atoms with Crippen LogP contribution in [0.4, 0.5) is 5.69 Å². The van der Waals surface area contributed by atoms with Crippen molar-refractivity contribution in [2.75, 3.05) is 24.5 Å². The summed E-state index contributed by atoms with van der Waals surface area (Å²) >= 11 is 6.51. The zero-order chi connectivity index (χ0) is 18.7. The molecule has 1 aromatic heterocycles. The fraction of sp³-hybridized carbons (Fsp3) is 0.636. The molecule has 0 aliphatic carbocycles. The number of fused-ring (bicyclic) bond motifs is 1. The van der Waals surface area contributed by atoms with Crippen LogP contribution in [-0.4, -0.2) is 24.6 Å². The van der Waals surface area contributed by atoms with Gasteiger partial charge in [0, 0.05) is 35.2 Å². The Labute approximate surface area is 163 Å². The van der Waals surface area contributed by atoms with Gasteiger partial charge in [0.1, 0.15) is 0 Å². The van der Waals surface area contributed by atoms with Gasteiger partial charge in [0.2, 0.25) is 0 Å². The van der Waals surface area contributed by atoms with Crippen LogP contribution in [0, 0.1) is 11.8 Å². The zero-order valence-corrected chi connectivity index (χ0v) is 17.5. The van der Waals surface area contributed by atoms with E-state index in [2.05, 4.69) is 61.1 Å². The molecule has 1 aliphatic heterocycles. The molecule has 1 saturated heterocycles. The topological polar surface area (TPSA) is 31.1 Å². The molecule has 2 heterocycles. The Bertz CT molecular complexity index is 701. The van der Waals surface area contributed by atoms with E-state index in [1.165, 1.54) is 48.0 Å². The van der Waals surface area contributed by atoms with Crippen molar-refractivity contribution in [1.29, 1.82) is 0 Å². The summed E-state index contributed by atoms with van der Waals surface area (Å²) in [4.78, 5) is 6.26. The first kappa shape index (κ1) is 19.6. The third kappa shape index (κ3) is 4.75. The van der Waals surface area contributed by atoms with Crippen molar-refractivity contribution >= 4 is 28.2 Å². The number of H-pyrrole nitrogens is 1. The van der Waals surface area contributed by atoms with Gasteiger partial charge >= 0.3 is 0 Å². The maximum absolute atomic E-state index is 6.51. The number of halogens is 1. The van der Waals surface area contributed by atoms with Crippen molar-refractivity contribution in [3.8, 4) is 0 Å². The highest BCUT2D eigenvalue weighted by molar-refractivity contribution is 6.31. The number of rotatable bonds is 8. The van der Waals surface area contributed by atoms with Crippen LogP contribution in [0.15, 0.2) is 18.2 Å². The van der Waals surface area contributed by atoms with Gasteiger partial charge in [0.15, 0.2) is 0 Å². The average molecular weight is 376 g/mol. The molecule has 1 atom stereocenters. The van der Waals surface area contributed by atoms with E-state index in [1.807, 2.05) is 0 Å². The zero-order valence-electron chi connectivity index (χ0n) is 16.7. The van der Waals surface area contributed by atoms with Crippen LogP contribution in [0.25, 0.3) is 10.9 Å². The van der Waals surface area contributed by atoms with Crippen molar-refractivity contribution < 1.29 is 0 Å². The summed E-state index contributed by atoms with van der Waals surface area (Å²) in [6.07, 6.45) is 4.86. The Balaban J connectivity index is 1.95. The van der Waals surface area contributed by atoms with Crippen molar-refractivity contribution in [3.63, 3.8) is 0 Å². The van der Waals surface area contributed by atoms with Crippen LogP contribution in [0.3, 0.4) is 0 Å². The van der Waals surface area contributed by atoms with E-state index >= 15 is 0 Å². The van der Waals surface area contributed by atoms with Gasteiger partial charge in [-0.2, -0.15) is 0 Å². The third-order valence-corrected chi connectivity index (χ3v) is 5.64. The Kier molecular flexibility index (Phi) is 6.52. The standard InChI is InChI=1S/C22H34ClN3/c1-15(2)7-10-26(11-8-16(3)4)21-14-18(23)12-17-13-20(25-22(17)21)19-6-5-9-24-19/h12-16,19,24-25H,5-11H2,1-4H3/t19-/m0/s1. The molecule has 0 radical (unpaired) electrons. The predicted octanol–water partition coefficient (Wildman–Crippen LogP) is 6.14. The molecule has 0 spiro atoms. The molecule has 144 valence electrons. The molecule has 2 N–H and O–H groups in total. The van der Waals surface area contributed by atoms with Gasteiger partial charge in [-0.15, -0.1) is 0 Å². The minimum atomic E-state index is 0.453. The molecular weight excluding hydrogens is 342 g/mol. The molecule has 1 aliphatic rings. The van der Waals surface area contributed by atoms with Gasteiger partial charge in [-0.25, -0.2) is 0 Å². The maximum Gasteiger partial charge on any atom is 0.0695 e. The lowest BCUT2D eigenvalue weighted by atomic mass is 10.1. The quantitative estimate of drug-likeness (QED) is 0.580. The minimum Gasteiger partial charge on any atom is -0.370 e. The Hall–Kier alpha value is -1.19. The van der Waals surface area contributed by atoms with E-state index in [0.29, 0.717) is 17.9 Å². The summed E-state index contributed by atoms with van der Waals surface area (Å²) < 4.78 is 0. The summed E-state index contributed by atoms with van der Waals surface area (Å²) in [6.45, 7) is 12.5. The molecule has 0 saturated carbocycles. The van der Waals surface area contributed by atoms with Crippen molar-refractivity contribution in [2.45, 2.75) is 59.4 Å². The second-order valence-electron chi connectivity index (χ2n) is 8.61. The number of benzene rings is 1. The molecule has 26 heavy (non-hydrogen) atoms. The van der Waals surface area contributed by atoms with Crippen LogP contribution in [0.2, 0.25) is 5.02 Å². The van der Waals surface area contributed by atoms with E-state index < -0.39 is 0 Å². The van der Waals surface area contributed by atoms with Gasteiger partial charge in [-0.3, -0.25) is 0 Å². The van der Waals surface area contributed by atoms with Crippen LogP contribution in [0.1, 0.15) is 65.1 Å². The Morgan fingerprint density at radius 2 is 1.77 bits per heavy atom. The number of aromatic nitrogens is 1. The van der Waals surface area contributed by atoms with E-state index in [-0.39, 0.29) is 0 Å². The van der Waals surface area contributed by atoms with E-state index in [4.69, 9.17) is 11.6 Å². The fourth-order valence-electron chi connectivity index (χ4n) is 3.78. The summed E-state index contributed by atoms with van der Waals surface area (Å²) in [5.74, 6) is 1.40. The molecule has 0 bridgehead atoms. The van der Waals surface area contributed by atoms with Crippen LogP contribution < -0.4 is 10.2 Å². The van der Waals surface area contributed by atoms with Gasteiger partial charge in [-0.05, 0) is 62.3 Å². The lowest BCUT2D eigenvalue weighted by Crippen LogP contribution is -2.27. The highest BCUT2D eigenvalue weighted by Gasteiger charge is 2.20. The molecule has 0 amide bonds. The molecule has 4 heteroatoms. The SMILES string of the molecule is CC(C)CCN(CCC(C)C)c1cc(Cl)cc2cc([C@@H]3CCCN3)[nH]c12. The first-order valence-electron chi connectivity index (χ1n) is 10.2. The first-order chi connectivity index (χ1) is 12.4. The maximum atomic E-state index is 6.51. The van der Waals surface area contributed by atoms with E-state index in [0.717, 1.165) is 24.7 Å². The van der Waals surface area contributed by atoms with Gasteiger partial charge in [-0.1, -0.05) is 39.3 Å². The van der Waals surface area contributed by atoms with E-state index in [9.17, 15) is 0 Å². The van der Waals surface area contributed by atoms with Crippen molar-refractivity contribution in [1.82, 2.24) is 10.3 Å². The van der Waals surface area contributed by atoms with Gasteiger partial charge in [0.05, 0.1) is 11.2 Å². The Morgan fingerprint density at radius 1 is 1.08 bits per heavy atom. The average Bonchev–Trinajstić information content (AvgIpc) is 3.22. The number of nitrogens with zero attached hydrogens (tertiary/aromatic N) is 1.